The summed E-state index contributed by atoms with van der Waals surface area (Å²) in [5.74, 6) is 0.955. The van der Waals surface area contributed by atoms with E-state index in [0.717, 1.165) is 36.2 Å². The Morgan fingerprint density at radius 1 is 1.11 bits per heavy atom. The lowest BCUT2D eigenvalue weighted by Crippen LogP contribution is -2.22. The first-order chi connectivity index (χ1) is 8.38. The molecule has 1 aliphatic rings. The van der Waals surface area contributed by atoms with Gasteiger partial charge in [0.15, 0.2) is 0 Å². The normalized spacial score (nSPS) is 16.1. The molecular formula is C15H25N3. The maximum absolute atomic E-state index is 4.68. The van der Waals surface area contributed by atoms with Crippen molar-refractivity contribution >= 4 is 0 Å². The van der Waals surface area contributed by atoms with Crippen LogP contribution in [0, 0.1) is 13.8 Å². The molecule has 2 rings (SSSR count). The van der Waals surface area contributed by atoms with E-state index in [4.69, 9.17) is 0 Å². The molecule has 0 aliphatic heterocycles. The van der Waals surface area contributed by atoms with Gasteiger partial charge in [0.25, 0.3) is 0 Å². The van der Waals surface area contributed by atoms with Gasteiger partial charge in [-0.1, -0.05) is 20.8 Å². The van der Waals surface area contributed by atoms with Gasteiger partial charge in [-0.2, -0.15) is 0 Å². The minimum absolute atomic E-state index is 0.0281. The van der Waals surface area contributed by atoms with E-state index in [1.54, 1.807) is 0 Å². The lowest BCUT2D eigenvalue weighted by molar-refractivity contribution is 0.538. The molecule has 0 spiro atoms. The third-order valence-electron chi connectivity index (χ3n) is 3.48. The summed E-state index contributed by atoms with van der Waals surface area (Å²) < 4.78 is 0. The van der Waals surface area contributed by atoms with Crippen LogP contribution in [0.5, 0.6) is 0 Å². The molecule has 0 aromatic carbocycles. The molecule has 100 valence electrons. The second kappa shape index (κ2) is 4.96. The Kier molecular flexibility index (Phi) is 3.71. The van der Waals surface area contributed by atoms with Crippen molar-refractivity contribution in [1.29, 1.82) is 0 Å². The van der Waals surface area contributed by atoms with Gasteiger partial charge in [0.1, 0.15) is 5.82 Å². The van der Waals surface area contributed by atoms with Crippen molar-refractivity contribution in [3.63, 3.8) is 0 Å². The summed E-state index contributed by atoms with van der Waals surface area (Å²) in [6, 6.07) is 0.778. The standard InChI is InChI=1S/C15H25N3/c1-10-13(8-9-16-12-6-7-12)11(2)18-14(17-10)15(3,4)5/h12,16H,6-9H2,1-5H3. The van der Waals surface area contributed by atoms with Crippen molar-refractivity contribution in [1.82, 2.24) is 15.3 Å². The maximum Gasteiger partial charge on any atom is 0.134 e. The van der Waals surface area contributed by atoms with Gasteiger partial charge in [-0.15, -0.1) is 0 Å². The fourth-order valence-corrected chi connectivity index (χ4v) is 2.13. The third kappa shape index (κ3) is 3.29. The Hall–Kier alpha value is -0.960. The van der Waals surface area contributed by atoms with Crippen LogP contribution < -0.4 is 5.32 Å². The lowest BCUT2D eigenvalue weighted by Gasteiger charge is -2.19. The Labute approximate surface area is 110 Å². The van der Waals surface area contributed by atoms with Crippen LogP contribution in [-0.4, -0.2) is 22.6 Å². The molecule has 1 saturated carbocycles. The molecule has 1 aromatic rings. The van der Waals surface area contributed by atoms with Crippen molar-refractivity contribution in [2.45, 2.75) is 65.3 Å². The van der Waals surface area contributed by atoms with Crippen molar-refractivity contribution in [3.05, 3.63) is 22.8 Å². The van der Waals surface area contributed by atoms with E-state index in [-0.39, 0.29) is 5.41 Å². The summed E-state index contributed by atoms with van der Waals surface area (Å²) in [6.45, 7) is 11.7. The summed E-state index contributed by atoms with van der Waals surface area (Å²) in [5.41, 5.74) is 3.63. The Morgan fingerprint density at radius 2 is 1.67 bits per heavy atom. The van der Waals surface area contributed by atoms with Crippen molar-refractivity contribution < 1.29 is 0 Å². The average molecular weight is 247 g/mol. The van der Waals surface area contributed by atoms with Gasteiger partial charge in [-0.3, -0.25) is 0 Å². The van der Waals surface area contributed by atoms with Crippen LogP contribution in [0.25, 0.3) is 0 Å². The van der Waals surface area contributed by atoms with Crippen molar-refractivity contribution in [2.24, 2.45) is 0 Å². The van der Waals surface area contributed by atoms with E-state index in [2.05, 4.69) is 49.9 Å². The Morgan fingerprint density at radius 3 is 2.11 bits per heavy atom. The Bertz CT molecular complexity index is 405. The predicted molar refractivity (Wildman–Crippen MR) is 74.9 cm³/mol. The van der Waals surface area contributed by atoms with Gasteiger partial charge in [0.2, 0.25) is 0 Å². The van der Waals surface area contributed by atoms with E-state index >= 15 is 0 Å². The van der Waals surface area contributed by atoms with Gasteiger partial charge in [0, 0.05) is 22.8 Å². The number of aromatic nitrogens is 2. The highest BCUT2D eigenvalue weighted by molar-refractivity contribution is 5.26. The first-order valence-corrected chi connectivity index (χ1v) is 6.96. The van der Waals surface area contributed by atoms with Crippen LogP contribution in [0.4, 0.5) is 0 Å². The molecule has 18 heavy (non-hydrogen) atoms. The van der Waals surface area contributed by atoms with Gasteiger partial charge < -0.3 is 5.32 Å². The second-order valence-electron chi connectivity index (χ2n) is 6.42. The van der Waals surface area contributed by atoms with Crippen LogP contribution in [0.2, 0.25) is 0 Å². The maximum atomic E-state index is 4.68. The van der Waals surface area contributed by atoms with Crippen LogP contribution in [-0.2, 0) is 11.8 Å². The number of hydrogen-bond acceptors (Lipinski definition) is 3. The van der Waals surface area contributed by atoms with Crippen molar-refractivity contribution in [2.75, 3.05) is 6.54 Å². The fraction of sp³-hybridized carbons (Fsp3) is 0.733. The van der Waals surface area contributed by atoms with Gasteiger partial charge in [0.05, 0.1) is 0 Å². The number of aryl methyl sites for hydroxylation is 2. The first kappa shape index (κ1) is 13.5. The van der Waals surface area contributed by atoms with Crippen LogP contribution in [0.1, 0.15) is 56.4 Å². The monoisotopic (exact) mass is 247 g/mol. The lowest BCUT2D eigenvalue weighted by atomic mass is 9.95. The topological polar surface area (TPSA) is 37.8 Å². The molecule has 1 fully saturated rings. The summed E-state index contributed by atoms with van der Waals surface area (Å²) >= 11 is 0. The summed E-state index contributed by atoms with van der Waals surface area (Å²) in [5, 5.41) is 3.55. The van der Waals surface area contributed by atoms with E-state index in [1.165, 1.54) is 18.4 Å². The largest absolute Gasteiger partial charge is 0.314 e. The number of hydrogen-bond donors (Lipinski definition) is 1. The highest BCUT2D eigenvalue weighted by Gasteiger charge is 2.21. The fourth-order valence-electron chi connectivity index (χ4n) is 2.13. The molecule has 0 unspecified atom stereocenters. The Balaban J connectivity index is 2.10. The zero-order valence-electron chi connectivity index (χ0n) is 12.3. The number of rotatable bonds is 4. The molecule has 1 aliphatic carbocycles. The molecule has 3 nitrogen and oxygen atoms in total. The minimum Gasteiger partial charge on any atom is -0.314 e. The third-order valence-corrected chi connectivity index (χ3v) is 3.48. The molecular weight excluding hydrogens is 222 g/mol. The summed E-state index contributed by atoms with van der Waals surface area (Å²) in [7, 11) is 0. The average Bonchev–Trinajstić information content (AvgIpc) is 3.04. The molecule has 3 heteroatoms. The summed E-state index contributed by atoms with van der Waals surface area (Å²) in [4.78, 5) is 9.36. The predicted octanol–water partition coefficient (Wildman–Crippen LogP) is 2.69. The molecule has 1 heterocycles. The second-order valence-corrected chi connectivity index (χ2v) is 6.42. The SMILES string of the molecule is Cc1nc(C(C)(C)C)nc(C)c1CCNC1CC1. The van der Waals surface area contributed by atoms with Crippen molar-refractivity contribution in [3.8, 4) is 0 Å². The van der Waals surface area contributed by atoms with Crippen LogP contribution >= 0.6 is 0 Å². The molecule has 0 atom stereocenters. The van der Waals surface area contributed by atoms with Crippen LogP contribution in [0.3, 0.4) is 0 Å². The zero-order valence-corrected chi connectivity index (χ0v) is 12.3. The molecule has 0 amide bonds. The number of nitrogens with zero attached hydrogens (tertiary/aromatic N) is 2. The van der Waals surface area contributed by atoms with E-state index < -0.39 is 0 Å². The number of nitrogens with one attached hydrogen (secondary N) is 1. The summed E-state index contributed by atoms with van der Waals surface area (Å²) in [6.07, 6.45) is 3.73. The minimum atomic E-state index is 0.0281. The van der Waals surface area contributed by atoms with Gasteiger partial charge in [-0.05, 0) is 45.2 Å². The molecule has 0 radical (unpaired) electrons. The van der Waals surface area contributed by atoms with Gasteiger partial charge >= 0.3 is 0 Å². The van der Waals surface area contributed by atoms with E-state index in [9.17, 15) is 0 Å². The first-order valence-electron chi connectivity index (χ1n) is 6.96. The highest BCUT2D eigenvalue weighted by Crippen LogP contribution is 2.22. The molecule has 0 saturated heterocycles. The van der Waals surface area contributed by atoms with Gasteiger partial charge in [-0.25, -0.2) is 9.97 Å². The van der Waals surface area contributed by atoms with Crippen LogP contribution in [0.15, 0.2) is 0 Å². The molecule has 1 N–H and O–H groups in total. The molecule has 1 aromatic heterocycles. The highest BCUT2D eigenvalue weighted by atomic mass is 14.9. The quantitative estimate of drug-likeness (QED) is 0.889. The smallest absolute Gasteiger partial charge is 0.134 e. The van der Waals surface area contributed by atoms with E-state index in [0.29, 0.717) is 0 Å². The van der Waals surface area contributed by atoms with E-state index in [1.807, 2.05) is 0 Å². The zero-order chi connectivity index (χ0) is 13.3. The molecule has 0 bridgehead atoms.